The van der Waals surface area contributed by atoms with Crippen molar-refractivity contribution in [3.63, 3.8) is 0 Å². The second-order valence-corrected chi connectivity index (χ2v) is 9.08. The summed E-state index contributed by atoms with van der Waals surface area (Å²) in [5.41, 5.74) is 3.46. The van der Waals surface area contributed by atoms with Crippen molar-refractivity contribution in [2.75, 3.05) is 0 Å². The van der Waals surface area contributed by atoms with Gasteiger partial charge in [-0.3, -0.25) is 19.6 Å². The van der Waals surface area contributed by atoms with Crippen molar-refractivity contribution in [1.29, 1.82) is 0 Å². The van der Waals surface area contributed by atoms with Crippen LogP contribution in [0.4, 0.5) is 0 Å². The minimum atomic E-state index is -0.469. The molecule has 0 atom stereocenters. The second kappa shape index (κ2) is 11.9. The molecular formula is C31H28O6. The van der Waals surface area contributed by atoms with E-state index in [9.17, 15) is 9.59 Å². The summed E-state index contributed by atoms with van der Waals surface area (Å²) in [6, 6.07) is 33.4. The van der Waals surface area contributed by atoms with Crippen LogP contribution in [0.3, 0.4) is 0 Å². The maximum absolute atomic E-state index is 12.0. The lowest BCUT2D eigenvalue weighted by atomic mass is 9.78. The normalized spacial score (nSPS) is 10.9. The lowest BCUT2D eigenvalue weighted by Crippen LogP contribution is -2.19. The van der Waals surface area contributed by atoms with Crippen LogP contribution in [-0.4, -0.2) is 11.9 Å². The van der Waals surface area contributed by atoms with Crippen molar-refractivity contribution in [3.05, 3.63) is 131 Å². The SMILES string of the molecule is CC(C)(c1ccc(OOC(=O)Cc2ccccc2)cc1)c1ccc(OOC(=O)Cc2ccccc2)cc1. The highest BCUT2D eigenvalue weighted by molar-refractivity contribution is 5.72. The van der Waals surface area contributed by atoms with Crippen LogP contribution < -0.4 is 9.78 Å². The minimum absolute atomic E-state index is 0.137. The zero-order chi connectivity index (χ0) is 26.1. The quantitative estimate of drug-likeness (QED) is 0.193. The minimum Gasteiger partial charge on any atom is -0.287 e. The van der Waals surface area contributed by atoms with E-state index in [0.29, 0.717) is 11.5 Å². The molecule has 0 aromatic heterocycles. The fourth-order valence-electron chi connectivity index (χ4n) is 3.79. The van der Waals surface area contributed by atoms with Gasteiger partial charge in [0.1, 0.15) is 0 Å². The van der Waals surface area contributed by atoms with Gasteiger partial charge in [0.15, 0.2) is 11.5 Å². The smallest absolute Gasteiger partial charge is 0.287 e. The predicted molar refractivity (Wildman–Crippen MR) is 139 cm³/mol. The Kier molecular flexibility index (Phi) is 8.21. The molecule has 0 radical (unpaired) electrons. The van der Waals surface area contributed by atoms with Crippen LogP contribution in [-0.2, 0) is 37.6 Å². The fraction of sp³-hybridized carbons (Fsp3) is 0.161. The first-order chi connectivity index (χ1) is 17.9. The van der Waals surface area contributed by atoms with Crippen molar-refractivity contribution < 1.29 is 29.1 Å². The molecule has 0 aliphatic carbocycles. The van der Waals surface area contributed by atoms with Gasteiger partial charge in [0.2, 0.25) is 0 Å². The lowest BCUT2D eigenvalue weighted by molar-refractivity contribution is -0.213. The monoisotopic (exact) mass is 496 g/mol. The van der Waals surface area contributed by atoms with E-state index in [2.05, 4.69) is 13.8 Å². The van der Waals surface area contributed by atoms with Crippen LogP contribution >= 0.6 is 0 Å². The fourth-order valence-corrected chi connectivity index (χ4v) is 3.79. The molecule has 0 heterocycles. The zero-order valence-electron chi connectivity index (χ0n) is 20.8. The van der Waals surface area contributed by atoms with E-state index >= 15 is 0 Å². The van der Waals surface area contributed by atoms with Gasteiger partial charge in [-0.05, 0) is 46.5 Å². The summed E-state index contributed by atoms with van der Waals surface area (Å²) < 4.78 is 0. The Hall–Kier alpha value is -4.58. The Labute approximate surface area is 216 Å². The maximum Gasteiger partial charge on any atom is 0.359 e. The van der Waals surface area contributed by atoms with Gasteiger partial charge in [-0.1, -0.05) is 98.8 Å². The first-order valence-corrected chi connectivity index (χ1v) is 11.9. The van der Waals surface area contributed by atoms with Crippen LogP contribution in [0.2, 0.25) is 0 Å². The third-order valence-electron chi connectivity index (χ3n) is 6.00. The number of hydrogen-bond acceptors (Lipinski definition) is 6. The molecule has 4 aromatic rings. The summed E-state index contributed by atoms with van der Waals surface area (Å²) in [7, 11) is 0. The van der Waals surface area contributed by atoms with Gasteiger partial charge < -0.3 is 0 Å². The molecule has 6 nitrogen and oxygen atoms in total. The molecule has 0 aliphatic heterocycles. The van der Waals surface area contributed by atoms with Gasteiger partial charge >= 0.3 is 11.9 Å². The molecule has 0 spiro atoms. The van der Waals surface area contributed by atoms with E-state index < -0.39 is 11.9 Å². The maximum atomic E-state index is 12.0. The van der Waals surface area contributed by atoms with Crippen LogP contribution in [0.15, 0.2) is 109 Å². The molecule has 0 N–H and O–H groups in total. The molecule has 0 saturated heterocycles. The first kappa shape index (κ1) is 25.5. The number of carbonyl (C=O) groups excluding carboxylic acids is 2. The average Bonchev–Trinajstić information content (AvgIpc) is 2.92. The van der Waals surface area contributed by atoms with Gasteiger partial charge in [-0.15, -0.1) is 0 Å². The van der Waals surface area contributed by atoms with E-state index in [1.54, 1.807) is 24.3 Å². The molecule has 0 unspecified atom stereocenters. The lowest BCUT2D eigenvalue weighted by Gasteiger charge is -2.26. The van der Waals surface area contributed by atoms with Crippen molar-refractivity contribution in [3.8, 4) is 11.5 Å². The van der Waals surface area contributed by atoms with Crippen LogP contribution in [0.25, 0.3) is 0 Å². The molecule has 37 heavy (non-hydrogen) atoms. The van der Waals surface area contributed by atoms with Gasteiger partial charge in [0, 0.05) is 5.41 Å². The van der Waals surface area contributed by atoms with Crippen molar-refractivity contribution in [2.45, 2.75) is 32.1 Å². The molecule has 0 saturated carbocycles. The third-order valence-corrected chi connectivity index (χ3v) is 6.00. The largest absolute Gasteiger partial charge is 0.359 e. The molecule has 6 heteroatoms. The van der Waals surface area contributed by atoms with Crippen molar-refractivity contribution in [2.24, 2.45) is 0 Å². The zero-order valence-corrected chi connectivity index (χ0v) is 20.8. The van der Waals surface area contributed by atoms with Crippen LogP contribution in [0, 0.1) is 0 Å². The molecule has 0 amide bonds. The molecule has 4 rings (SSSR count). The van der Waals surface area contributed by atoms with E-state index in [-0.39, 0.29) is 18.3 Å². The highest BCUT2D eigenvalue weighted by atomic mass is 17.2. The van der Waals surface area contributed by atoms with Crippen molar-refractivity contribution >= 4 is 11.9 Å². The van der Waals surface area contributed by atoms with Crippen LogP contribution in [0.5, 0.6) is 11.5 Å². The number of benzene rings is 4. The van der Waals surface area contributed by atoms with Gasteiger partial charge in [0.25, 0.3) is 0 Å². The molecule has 4 aromatic carbocycles. The number of carbonyl (C=O) groups is 2. The van der Waals surface area contributed by atoms with Crippen LogP contribution in [0.1, 0.15) is 36.1 Å². The Balaban J connectivity index is 1.29. The van der Waals surface area contributed by atoms with E-state index in [4.69, 9.17) is 19.6 Å². The predicted octanol–water partition coefficient (Wildman–Crippen LogP) is 6.17. The summed E-state index contributed by atoms with van der Waals surface area (Å²) >= 11 is 0. The summed E-state index contributed by atoms with van der Waals surface area (Å²) in [5.74, 6) is -0.0728. The average molecular weight is 497 g/mol. The molecule has 188 valence electrons. The summed E-state index contributed by atoms with van der Waals surface area (Å²) in [5, 5.41) is 0. The summed E-state index contributed by atoms with van der Waals surface area (Å²) in [6.07, 6.45) is 0.274. The number of rotatable bonds is 10. The Morgan fingerprint density at radius 2 is 0.892 bits per heavy atom. The standard InChI is InChI=1S/C31H28O6/c1-31(2,25-13-17-27(18-14-25)34-36-29(32)21-23-9-5-3-6-10-23)26-15-19-28(20-16-26)35-37-30(33)22-24-11-7-4-8-12-24/h3-20H,21-22H2,1-2H3. The molecule has 0 fully saturated rings. The number of hydrogen-bond donors (Lipinski definition) is 0. The molecule has 0 aliphatic rings. The van der Waals surface area contributed by atoms with E-state index in [1.807, 2.05) is 84.9 Å². The topological polar surface area (TPSA) is 71.1 Å². The van der Waals surface area contributed by atoms with Gasteiger partial charge in [-0.2, -0.15) is 0 Å². The Morgan fingerprint density at radius 1 is 0.541 bits per heavy atom. The van der Waals surface area contributed by atoms with Gasteiger partial charge in [0.05, 0.1) is 12.8 Å². The van der Waals surface area contributed by atoms with E-state index in [1.165, 1.54) is 0 Å². The van der Waals surface area contributed by atoms with Crippen molar-refractivity contribution in [1.82, 2.24) is 0 Å². The molecular weight excluding hydrogens is 468 g/mol. The Morgan fingerprint density at radius 3 is 1.24 bits per heavy atom. The highest BCUT2D eigenvalue weighted by Crippen LogP contribution is 2.33. The second-order valence-electron chi connectivity index (χ2n) is 9.08. The highest BCUT2D eigenvalue weighted by Gasteiger charge is 2.23. The third kappa shape index (κ3) is 7.21. The van der Waals surface area contributed by atoms with E-state index in [0.717, 1.165) is 22.3 Å². The van der Waals surface area contributed by atoms with Gasteiger partial charge in [-0.25, -0.2) is 9.59 Å². The summed E-state index contributed by atoms with van der Waals surface area (Å²) in [6.45, 7) is 4.19. The Bertz CT molecular complexity index is 1190. The first-order valence-electron chi connectivity index (χ1n) is 11.9. The molecule has 0 bridgehead atoms. The summed E-state index contributed by atoms with van der Waals surface area (Å²) in [4.78, 5) is 44.3.